The van der Waals surface area contributed by atoms with Crippen molar-refractivity contribution in [1.29, 1.82) is 0 Å². The molecule has 3 rings (SSSR count). The second-order valence-electron chi connectivity index (χ2n) is 6.40. The van der Waals surface area contributed by atoms with E-state index >= 15 is 0 Å². The smallest absolute Gasteiger partial charge is 0.311 e. The number of hydrazone groups is 1. The molecule has 0 spiro atoms. The van der Waals surface area contributed by atoms with E-state index in [2.05, 4.69) is 15.5 Å². The SMILES string of the molecule is CCOC(=O)Cc1csc(NN=Cc2cccc(OC)c2OCc2ccc(F)cc2Cl)n1. The third-order valence-corrected chi connectivity index (χ3v) is 5.31. The molecule has 0 aliphatic heterocycles. The van der Waals surface area contributed by atoms with Gasteiger partial charge in [0.05, 0.1) is 37.1 Å². The number of ether oxygens (including phenoxy) is 3. The lowest BCUT2D eigenvalue weighted by atomic mass is 10.2. The van der Waals surface area contributed by atoms with Crippen LogP contribution in [0.15, 0.2) is 46.9 Å². The van der Waals surface area contributed by atoms with E-state index in [1.807, 2.05) is 6.07 Å². The maximum Gasteiger partial charge on any atom is 0.311 e. The average molecular weight is 478 g/mol. The molecule has 1 heterocycles. The van der Waals surface area contributed by atoms with Crippen LogP contribution in [-0.2, 0) is 22.6 Å². The molecule has 0 aliphatic rings. The van der Waals surface area contributed by atoms with Crippen LogP contribution in [0.5, 0.6) is 11.5 Å². The first-order chi connectivity index (χ1) is 15.5. The summed E-state index contributed by atoms with van der Waals surface area (Å²) in [6.07, 6.45) is 1.67. The summed E-state index contributed by atoms with van der Waals surface area (Å²) in [7, 11) is 1.53. The van der Waals surface area contributed by atoms with E-state index in [0.29, 0.717) is 40.1 Å². The molecule has 168 valence electrons. The number of anilines is 1. The third kappa shape index (κ3) is 6.41. The molecule has 1 aromatic heterocycles. The monoisotopic (exact) mass is 477 g/mol. The standard InChI is InChI=1S/C22H21ClFN3O4S/c1-3-30-20(28)10-17-13-32-22(26-17)27-25-11-14-5-4-6-19(29-2)21(14)31-12-15-7-8-16(24)9-18(15)23/h4-9,11,13H,3,10,12H2,1-2H3,(H,26,27). The maximum absolute atomic E-state index is 13.3. The number of hydrogen-bond donors (Lipinski definition) is 1. The van der Waals surface area contributed by atoms with Crippen molar-refractivity contribution < 1.29 is 23.4 Å². The summed E-state index contributed by atoms with van der Waals surface area (Å²) in [5.74, 6) is 0.232. The van der Waals surface area contributed by atoms with E-state index in [-0.39, 0.29) is 24.0 Å². The fourth-order valence-electron chi connectivity index (χ4n) is 2.69. The first-order valence-electron chi connectivity index (χ1n) is 9.63. The van der Waals surface area contributed by atoms with Gasteiger partial charge < -0.3 is 14.2 Å². The van der Waals surface area contributed by atoms with Crippen LogP contribution in [0.1, 0.15) is 23.7 Å². The molecule has 0 bridgehead atoms. The van der Waals surface area contributed by atoms with Gasteiger partial charge in [0.25, 0.3) is 0 Å². The molecule has 10 heteroatoms. The number of benzene rings is 2. The Morgan fingerprint density at radius 2 is 2.19 bits per heavy atom. The molecule has 0 unspecified atom stereocenters. The fraction of sp³-hybridized carbons (Fsp3) is 0.227. The number of hydrogen-bond acceptors (Lipinski definition) is 8. The van der Waals surface area contributed by atoms with Crippen LogP contribution in [0.4, 0.5) is 9.52 Å². The molecule has 7 nitrogen and oxygen atoms in total. The van der Waals surface area contributed by atoms with Gasteiger partial charge in [-0.3, -0.25) is 10.2 Å². The zero-order valence-corrected chi connectivity index (χ0v) is 19.0. The Balaban J connectivity index is 1.69. The van der Waals surface area contributed by atoms with E-state index in [1.165, 1.54) is 30.6 Å². The topological polar surface area (TPSA) is 82.0 Å². The summed E-state index contributed by atoms with van der Waals surface area (Å²) in [5.41, 5.74) is 4.73. The fourth-order valence-corrected chi connectivity index (χ4v) is 3.58. The van der Waals surface area contributed by atoms with Crippen LogP contribution >= 0.6 is 22.9 Å². The van der Waals surface area contributed by atoms with Crippen LogP contribution in [-0.4, -0.2) is 30.9 Å². The molecule has 0 saturated carbocycles. The van der Waals surface area contributed by atoms with E-state index in [9.17, 15) is 9.18 Å². The normalized spacial score (nSPS) is 10.9. The quantitative estimate of drug-likeness (QED) is 0.249. The molecule has 2 aromatic carbocycles. The van der Waals surface area contributed by atoms with E-state index in [4.69, 9.17) is 25.8 Å². The summed E-state index contributed by atoms with van der Waals surface area (Å²) >= 11 is 7.41. The van der Waals surface area contributed by atoms with Crippen molar-refractivity contribution in [2.75, 3.05) is 19.1 Å². The van der Waals surface area contributed by atoms with Gasteiger partial charge in [0.1, 0.15) is 12.4 Å². The third-order valence-electron chi connectivity index (χ3n) is 4.16. The molecular weight excluding hydrogens is 457 g/mol. The Kier molecular flexibility index (Phi) is 8.41. The van der Waals surface area contributed by atoms with Crippen LogP contribution in [0, 0.1) is 5.82 Å². The summed E-state index contributed by atoms with van der Waals surface area (Å²) in [4.78, 5) is 15.9. The molecule has 0 atom stereocenters. The number of nitrogens with one attached hydrogen (secondary N) is 1. The minimum atomic E-state index is -0.414. The number of para-hydroxylation sites is 1. The number of thiazole rings is 1. The number of carbonyl (C=O) groups is 1. The Hall–Kier alpha value is -3.17. The predicted octanol–water partition coefficient (Wildman–Crippen LogP) is 5.07. The Morgan fingerprint density at radius 1 is 1.34 bits per heavy atom. The first-order valence-corrected chi connectivity index (χ1v) is 10.9. The highest BCUT2D eigenvalue weighted by Crippen LogP contribution is 2.31. The number of carbonyl (C=O) groups excluding carboxylic acids is 1. The second kappa shape index (κ2) is 11.4. The molecule has 0 radical (unpaired) electrons. The van der Waals surface area contributed by atoms with Gasteiger partial charge in [0.15, 0.2) is 11.5 Å². The highest BCUT2D eigenvalue weighted by Gasteiger charge is 2.12. The molecule has 0 amide bonds. The van der Waals surface area contributed by atoms with Crippen molar-refractivity contribution in [2.24, 2.45) is 5.10 Å². The number of methoxy groups -OCH3 is 1. The van der Waals surface area contributed by atoms with Crippen molar-refractivity contribution in [1.82, 2.24) is 4.98 Å². The highest BCUT2D eigenvalue weighted by molar-refractivity contribution is 7.13. The largest absolute Gasteiger partial charge is 0.493 e. The van der Waals surface area contributed by atoms with Crippen molar-refractivity contribution >= 4 is 40.3 Å². The van der Waals surface area contributed by atoms with Crippen LogP contribution in [0.25, 0.3) is 0 Å². The molecule has 0 saturated heterocycles. The summed E-state index contributed by atoms with van der Waals surface area (Å²) in [6.45, 7) is 2.21. The van der Waals surface area contributed by atoms with Crippen molar-refractivity contribution in [2.45, 2.75) is 20.0 Å². The number of nitrogens with zero attached hydrogens (tertiary/aromatic N) is 2. The van der Waals surface area contributed by atoms with Gasteiger partial charge in [-0.05, 0) is 31.2 Å². The molecule has 0 fully saturated rings. The average Bonchev–Trinajstić information content (AvgIpc) is 3.20. The number of aromatic nitrogens is 1. The van der Waals surface area contributed by atoms with Crippen LogP contribution in [0.2, 0.25) is 5.02 Å². The van der Waals surface area contributed by atoms with Gasteiger partial charge in [-0.2, -0.15) is 5.10 Å². The second-order valence-corrected chi connectivity index (χ2v) is 7.66. The highest BCUT2D eigenvalue weighted by atomic mass is 35.5. The summed E-state index contributed by atoms with van der Waals surface area (Å²) in [6, 6.07) is 9.50. The van der Waals surface area contributed by atoms with E-state index in [0.717, 1.165) is 0 Å². The van der Waals surface area contributed by atoms with Gasteiger partial charge in [0.2, 0.25) is 5.13 Å². The van der Waals surface area contributed by atoms with Crippen molar-refractivity contribution in [3.05, 3.63) is 69.4 Å². The van der Waals surface area contributed by atoms with Gasteiger partial charge in [-0.1, -0.05) is 23.7 Å². The Morgan fingerprint density at radius 3 is 2.94 bits per heavy atom. The summed E-state index contributed by atoms with van der Waals surface area (Å²) in [5, 5.41) is 6.78. The zero-order valence-electron chi connectivity index (χ0n) is 17.4. The van der Waals surface area contributed by atoms with Crippen molar-refractivity contribution in [3.63, 3.8) is 0 Å². The Labute approximate surface area is 193 Å². The van der Waals surface area contributed by atoms with Gasteiger partial charge in [0, 0.05) is 16.5 Å². The van der Waals surface area contributed by atoms with Crippen LogP contribution in [0.3, 0.4) is 0 Å². The zero-order chi connectivity index (χ0) is 22.9. The predicted molar refractivity (Wildman–Crippen MR) is 122 cm³/mol. The number of esters is 1. The summed E-state index contributed by atoms with van der Waals surface area (Å²) < 4.78 is 29.5. The maximum atomic E-state index is 13.3. The minimum absolute atomic E-state index is 0.107. The first kappa shape index (κ1) is 23.5. The number of rotatable bonds is 10. The molecule has 1 N–H and O–H groups in total. The van der Waals surface area contributed by atoms with Gasteiger partial charge in [-0.25, -0.2) is 9.37 Å². The van der Waals surface area contributed by atoms with Gasteiger partial charge >= 0.3 is 5.97 Å². The van der Waals surface area contributed by atoms with E-state index < -0.39 is 5.82 Å². The molecular formula is C22H21ClFN3O4S. The number of halogens is 2. The van der Waals surface area contributed by atoms with Crippen molar-refractivity contribution in [3.8, 4) is 11.5 Å². The van der Waals surface area contributed by atoms with Gasteiger partial charge in [-0.15, -0.1) is 11.3 Å². The molecule has 0 aliphatic carbocycles. The lowest BCUT2D eigenvalue weighted by Crippen LogP contribution is -2.07. The Bertz CT molecular complexity index is 1110. The molecule has 32 heavy (non-hydrogen) atoms. The minimum Gasteiger partial charge on any atom is -0.493 e. The molecule has 3 aromatic rings. The lowest BCUT2D eigenvalue weighted by molar-refractivity contribution is -0.142. The lowest BCUT2D eigenvalue weighted by Gasteiger charge is -2.14. The van der Waals surface area contributed by atoms with Crippen LogP contribution < -0.4 is 14.9 Å². The van der Waals surface area contributed by atoms with E-state index in [1.54, 1.807) is 36.7 Å².